The van der Waals surface area contributed by atoms with Gasteiger partial charge in [0, 0.05) is 13.1 Å². The first-order valence-corrected chi connectivity index (χ1v) is 6.67. The Labute approximate surface area is 118 Å². The van der Waals surface area contributed by atoms with Crippen molar-refractivity contribution in [2.75, 3.05) is 13.6 Å². The van der Waals surface area contributed by atoms with Gasteiger partial charge in [-0.3, -0.25) is 4.98 Å². The van der Waals surface area contributed by atoms with Gasteiger partial charge in [0.15, 0.2) is 0 Å². The summed E-state index contributed by atoms with van der Waals surface area (Å²) in [5, 5.41) is 10.0. The molecule has 0 amide bonds. The fourth-order valence-corrected chi connectivity index (χ4v) is 2.05. The maximum atomic E-state index is 12.8. The third-order valence-corrected chi connectivity index (χ3v) is 3.17. The van der Waals surface area contributed by atoms with E-state index in [1.807, 2.05) is 25.2 Å². The van der Waals surface area contributed by atoms with Crippen LogP contribution < -0.4 is 0 Å². The number of pyridine rings is 1. The van der Waals surface area contributed by atoms with Gasteiger partial charge in [-0.2, -0.15) is 0 Å². The van der Waals surface area contributed by atoms with E-state index in [-0.39, 0.29) is 5.82 Å². The lowest BCUT2D eigenvalue weighted by atomic mass is 10.1. The molecule has 0 aliphatic rings. The molecule has 4 heteroatoms. The molecule has 0 aliphatic heterocycles. The van der Waals surface area contributed by atoms with Crippen molar-refractivity contribution in [2.24, 2.45) is 0 Å². The van der Waals surface area contributed by atoms with Crippen LogP contribution in [0.15, 0.2) is 48.7 Å². The number of halogens is 1. The number of hydrogen-bond acceptors (Lipinski definition) is 3. The van der Waals surface area contributed by atoms with Gasteiger partial charge < -0.3 is 10.0 Å². The second-order valence-electron chi connectivity index (χ2n) is 4.93. The predicted octanol–water partition coefficient (Wildman–Crippen LogP) is 2.78. The van der Waals surface area contributed by atoms with Gasteiger partial charge in [-0.15, -0.1) is 0 Å². The average Bonchev–Trinajstić information content (AvgIpc) is 2.46. The molecule has 106 valence electrons. The Kier molecular flexibility index (Phi) is 5.21. The van der Waals surface area contributed by atoms with Crippen LogP contribution in [0.5, 0.6) is 0 Å². The summed E-state index contributed by atoms with van der Waals surface area (Å²) >= 11 is 0. The van der Waals surface area contributed by atoms with Gasteiger partial charge in [-0.05, 0) is 31.2 Å². The van der Waals surface area contributed by atoms with Crippen LogP contribution in [0.25, 0.3) is 0 Å². The van der Waals surface area contributed by atoms with Crippen molar-refractivity contribution >= 4 is 0 Å². The molecule has 0 spiro atoms. The minimum atomic E-state index is -0.658. The van der Waals surface area contributed by atoms with E-state index in [9.17, 15) is 9.50 Å². The molecule has 1 heterocycles. The lowest BCUT2D eigenvalue weighted by Crippen LogP contribution is -2.21. The summed E-state index contributed by atoms with van der Waals surface area (Å²) in [4.78, 5) is 6.04. The molecule has 3 nitrogen and oxygen atoms in total. The zero-order chi connectivity index (χ0) is 14.4. The highest BCUT2D eigenvalue weighted by Gasteiger charge is 2.10. The normalized spacial score (nSPS) is 12.6. The zero-order valence-corrected chi connectivity index (χ0v) is 11.5. The van der Waals surface area contributed by atoms with Crippen LogP contribution in [0.4, 0.5) is 4.39 Å². The van der Waals surface area contributed by atoms with Gasteiger partial charge in [-0.25, -0.2) is 4.39 Å². The van der Waals surface area contributed by atoms with Crippen LogP contribution in [-0.4, -0.2) is 28.6 Å². The third kappa shape index (κ3) is 4.40. The molecular formula is C16H19FN2O. The fourth-order valence-electron chi connectivity index (χ4n) is 2.05. The fraction of sp³-hybridized carbons (Fsp3) is 0.312. The highest BCUT2D eigenvalue weighted by Crippen LogP contribution is 2.15. The molecule has 0 fully saturated rings. The molecule has 0 saturated heterocycles. The van der Waals surface area contributed by atoms with Gasteiger partial charge in [-0.1, -0.05) is 30.3 Å². The summed E-state index contributed by atoms with van der Waals surface area (Å²) in [6, 6.07) is 13.0. The molecule has 1 unspecified atom stereocenters. The highest BCUT2D eigenvalue weighted by atomic mass is 19.1. The third-order valence-electron chi connectivity index (χ3n) is 3.17. The van der Waals surface area contributed by atoms with Crippen LogP contribution in [0, 0.1) is 5.82 Å². The molecule has 2 rings (SSSR count). The summed E-state index contributed by atoms with van der Waals surface area (Å²) in [6.45, 7) is 1.58. The summed E-state index contributed by atoms with van der Waals surface area (Å²) in [5.41, 5.74) is 1.75. The first-order valence-electron chi connectivity index (χ1n) is 6.67. The Bertz CT molecular complexity index is 516. The Morgan fingerprint density at radius 1 is 1.20 bits per heavy atom. The lowest BCUT2D eigenvalue weighted by molar-refractivity contribution is 0.143. The average molecular weight is 274 g/mol. The van der Waals surface area contributed by atoms with Gasteiger partial charge in [0.1, 0.15) is 5.82 Å². The number of aromatic nitrogens is 1. The second-order valence-corrected chi connectivity index (χ2v) is 4.93. The molecule has 1 atom stereocenters. The first-order chi connectivity index (χ1) is 9.65. The van der Waals surface area contributed by atoms with Crippen molar-refractivity contribution in [3.05, 3.63) is 65.7 Å². The van der Waals surface area contributed by atoms with Crippen LogP contribution >= 0.6 is 0 Å². The van der Waals surface area contributed by atoms with Crippen molar-refractivity contribution in [1.82, 2.24) is 9.88 Å². The van der Waals surface area contributed by atoms with Crippen LogP contribution in [0.2, 0.25) is 0 Å². The van der Waals surface area contributed by atoms with E-state index in [0.29, 0.717) is 12.1 Å². The van der Waals surface area contributed by atoms with E-state index in [4.69, 9.17) is 0 Å². The number of aliphatic hydroxyl groups is 1. The highest BCUT2D eigenvalue weighted by molar-refractivity contribution is 5.14. The van der Waals surface area contributed by atoms with Crippen LogP contribution in [-0.2, 0) is 6.54 Å². The van der Waals surface area contributed by atoms with Gasteiger partial charge in [0.2, 0.25) is 0 Å². The predicted molar refractivity (Wildman–Crippen MR) is 76.5 cm³/mol. The molecule has 0 bridgehead atoms. The maximum Gasteiger partial charge on any atom is 0.141 e. The molecule has 2 aromatic rings. The van der Waals surface area contributed by atoms with Gasteiger partial charge in [0.25, 0.3) is 0 Å². The number of benzene rings is 1. The molecular weight excluding hydrogens is 255 g/mol. The summed E-state index contributed by atoms with van der Waals surface area (Å²) in [7, 11) is 2.01. The number of nitrogens with zero attached hydrogens (tertiary/aromatic N) is 2. The molecule has 0 saturated carbocycles. The van der Waals surface area contributed by atoms with E-state index >= 15 is 0 Å². The Balaban J connectivity index is 1.81. The molecule has 20 heavy (non-hydrogen) atoms. The van der Waals surface area contributed by atoms with Crippen LogP contribution in [0.1, 0.15) is 23.8 Å². The molecule has 0 aliphatic carbocycles. The number of rotatable bonds is 6. The van der Waals surface area contributed by atoms with Crippen LogP contribution in [0.3, 0.4) is 0 Å². The van der Waals surface area contributed by atoms with E-state index in [0.717, 1.165) is 19.3 Å². The standard InChI is InChI=1S/C16H19FN2O/c1-19(12-13-5-3-2-4-6-13)10-9-16(20)15-8-7-14(17)11-18-15/h2-8,11,16,20H,9-10,12H2,1H3. The largest absolute Gasteiger partial charge is 0.387 e. The Morgan fingerprint density at radius 2 is 1.95 bits per heavy atom. The van der Waals surface area contributed by atoms with Gasteiger partial charge >= 0.3 is 0 Å². The zero-order valence-electron chi connectivity index (χ0n) is 11.5. The van der Waals surface area contributed by atoms with Crippen molar-refractivity contribution in [3.8, 4) is 0 Å². The lowest BCUT2D eigenvalue weighted by Gasteiger charge is -2.18. The van der Waals surface area contributed by atoms with E-state index in [2.05, 4.69) is 22.0 Å². The van der Waals surface area contributed by atoms with E-state index in [1.54, 1.807) is 0 Å². The summed E-state index contributed by atoms with van der Waals surface area (Å²) < 4.78 is 12.8. The van der Waals surface area contributed by atoms with E-state index < -0.39 is 6.10 Å². The van der Waals surface area contributed by atoms with Crippen molar-refractivity contribution < 1.29 is 9.50 Å². The smallest absolute Gasteiger partial charge is 0.141 e. The topological polar surface area (TPSA) is 36.4 Å². The minimum Gasteiger partial charge on any atom is -0.387 e. The number of hydrogen-bond donors (Lipinski definition) is 1. The molecule has 1 aromatic carbocycles. The van der Waals surface area contributed by atoms with Crippen molar-refractivity contribution in [2.45, 2.75) is 19.1 Å². The summed E-state index contributed by atoms with van der Waals surface area (Å²) in [5.74, 6) is -0.387. The SMILES string of the molecule is CN(CCC(O)c1ccc(F)cn1)Cc1ccccc1. The second kappa shape index (κ2) is 7.12. The monoisotopic (exact) mass is 274 g/mol. The minimum absolute atomic E-state index is 0.387. The first kappa shape index (κ1) is 14.6. The van der Waals surface area contributed by atoms with Crippen molar-refractivity contribution in [3.63, 3.8) is 0 Å². The molecule has 1 N–H and O–H groups in total. The Hall–Kier alpha value is -1.78. The maximum absolute atomic E-state index is 12.8. The quantitative estimate of drug-likeness (QED) is 0.880. The summed E-state index contributed by atoms with van der Waals surface area (Å²) in [6.07, 6.45) is 1.04. The molecule has 0 radical (unpaired) electrons. The number of aliphatic hydroxyl groups excluding tert-OH is 1. The van der Waals surface area contributed by atoms with E-state index in [1.165, 1.54) is 17.7 Å². The van der Waals surface area contributed by atoms with Gasteiger partial charge in [0.05, 0.1) is 18.0 Å². The Morgan fingerprint density at radius 3 is 2.60 bits per heavy atom. The molecule has 1 aromatic heterocycles. The van der Waals surface area contributed by atoms with Crippen molar-refractivity contribution in [1.29, 1.82) is 0 Å².